The second-order valence-electron chi connectivity index (χ2n) is 11.6. The van der Waals surface area contributed by atoms with Gasteiger partial charge in [-0.15, -0.1) is 12.4 Å². The van der Waals surface area contributed by atoms with Crippen LogP contribution in [-0.2, 0) is 19.5 Å². The Hall–Kier alpha value is -3.29. The Balaban J connectivity index is 0.00000529. The Kier molecular flexibility index (Phi) is 11.7. The first-order chi connectivity index (χ1) is 20.2. The Bertz CT molecular complexity index is 1550. The first kappa shape index (κ1) is 35.2. The van der Waals surface area contributed by atoms with Gasteiger partial charge in [-0.1, -0.05) is 38.1 Å². The van der Waals surface area contributed by atoms with Crippen molar-refractivity contribution in [3.8, 4) is 17.1 Å². The maximum absolute atomic E-state index is 13.3. The van der Waals surface area contributed by atoms with E-state index in [1.807, 2.05) is 45.9 Å². The minimum Gasteiger partial charge on any atom is -0.478 e. The van der Waals surface area contributed by atoms with E-state index in [2.05, 4.69) is 33.9 Å². The van der Waals surface area contributed by atoms with Crippen LogP contribution in [0.15, 0.2) is 53.4 Å². The molecule has 1 aliphatic rings. The van der Waals surface area contributed by atoms with E-state index < -0.39 is 21.8 Å². The van der Waals surface area contributed by atoms with Gasteiger partial charge in [-0.25, -0.2) is 22.9 Å². The van der Waals surface area contributed by atoms with E-state index in [9.17, 15) is 18.3 Å². The van der Waals surface area contributed by atoms with Crippen LogP contribution in [0.1, 0.15) is 55.6 Å². The van der Waals surface area contributed by atoms with Gasteiger partial charge in [-0.3, -0.25) is 0 Å². The first-order valence-electron chi connectivity index (χ1n) is 14.2. The Morgan fingerprint density at radius 1 is 1.11 bits per heavy atom. The Morgan fingerprint density at radius 2 is 1.80 bits per heavy atom. The number of rotatable bonds is 13. The molecule has 0 amide bonds. The molecule has 0 radical (unpaired) electrons. The van der Waals surface area contributed by atoms with E-state index in [4.69, 9.17) is 14.2 Å². The minimum absolute atomic E-state index is 0. The molecule has 3 aromatic rings. The number of nitrogens with one attached hydrogen (secondary N) is 2. The van der Waals surface area contributed by atoms with Crippen LogP contribution in [0.2, 0.25) is 0 Å². The van der Waals surface area contributed by atoms with Gasteiger partial charge in [-0.05, 0) is 69.4 Å². The largest absolute Gasteiger partial charge is 0.478 e. The van der Waals surface area contributed by atoms with Crippen LogP contribution in [0.25, 0.3) is 11.3 Å². The molecule has 0 unspecified atom stereocenters. The summed E-state index contributed by atoms with van der Waals surface area (Å²) in [6.45, 7) is 13.3. The fourth-order valence-corrected chi connectivity index (χ4v) is 5.98. The van der Waals surface area contributed by atoms with Crippen molar-refractivity contribution < 1.29 is 32.5 Å². The maximum Gasteiger partial charge on any atom is 0.335 e. The average molecular weight is 649 g/mol. The van der Waals surface area contributed by atoms with Gasteiger partial charge in [-0.2, -0.15) is 4.98 Å². The topological polar surface area (TPSA) is 149 Å². The summed E-state index contributed by atoms with van der Waals surface area (Å²) in [6, 6.07) is 12.6. The van der Waals surface area contributed by atoms with Crippen molar-refractivity contribution in [1.82, 2.24) is 15.3 Å². The number of ether oxygens (including phenoxy) is 3. The molecule has 1 saturated heterocycles. The van der Waals surface area contributed by atoms with Gasteiger partial charge < -0.3 is 24.6 Å². The van der Waals surface area contributed by atoms with E-state index in [0.29, 0.717) is 24.8 Å². The number of hydrogen-bond donors (Lipinski definition) is 3. The third-order valence-corrected chi connectivity index (χ3v) is 8.27. The van der Waals surface area contributed by atoms with Crippen LogP contribution in [0.4, 0.5) is 5.95 Å². The zero-order valence-electron chi connectivity index (χ0n) is 25.8. The van der Waals surface area contributed by atoms with Gasteiger partial charge in [0.2, 0.25) is 11.8 Å². The number of hydrogen-bond acceptors (Lipinski definition) is 9. The first-order valence-corrected chi connectivity index (χ1v) is 15.7. The smallest absolute Gasteiger partial charge is 0.335 e. The zero-order valence-corrected chi connectivity index (χ0v) is 27.4. The number of anilines is 1. The van der Waals surface area contributed by atoms with E-state index in [0.717, 1.165) is 29.2 Å². The van der Waals surface area contributed by atoms with Crippen molar-refractivity contribution in [2.45, 2.75) is 70.8 Å². The highest BCUT2D eigenvalue weighted by Gasteiger charge is 2.32. The van der Waals surface area contributed by atoms with Gasteiger partial charge in [0.25, 0.3) is 10.0 Å². The minimum atomic E-state index is -4.21. The summed E-state index contributed by atoms with van der Waals surface area (Å²) in [5.74, 6) is -1.45. The third-order valence-electron chi connectivity index (χ3n) is 6.95. The highest BCUT2D eigenvalue weighted by molar-refractivity contribution is 7.92. The van der Waals surface area contributed by atoms with E-state index in [-0.39, 0.29) is 53.4 Å². The summed E-state index contributed by atoms with van der Waals surface area (Å²) in [5, 5.41) is 12.8. The molecular weight excluding hydrogens is 608 g/mol. The number of carboxylic acid groups (broad SMARTS) is 1. The lowest BCUT2D eigenvalue weighted by Gasteiger charge is -2.23. The van der Waals surface area contributed by atoms with Gasteiger partial charge in [0.15, 0.2) is 5.79 Å². The Morgan fingerprint density at radius 3 is 2.41 bits per heavy atom. The second kappa shape index (κ2) is 14.7. The van der Waals surface area contributed by atoms with Gasteiger partial charge in [0.05, 0.1) is 28.9 Å². The number of aromatic carboxylic acids is 1. The molecule has 2 atom stereocenters. The van der Waals surface area contributed by atoms with Crippen molar-refractivity contribution in [3.63, 3.8) is 0 Å². The van der Waals surface area contributed by atoms with Crippen molar-refractivity contribution in [2.75, 3.05) is 24.5 Å². The van der Waals surface area contributed by atoms with Crippen LogP contribution in [0, 0.1) is 19.8 Å². The maximum atomic E-state index is 13.3. The molecule has 1 aliphatic heterocycles. The number of carboxylic acids is 1. The van der Waals surface area contributed by atoms with Gasteiger partial charge in [0, 0.05) is 24.2 Å². The molecule has 0 aliphatic carbocycles. The summed E-state index contributed by atoms with van der Waals surface area (Å²) in [5.41, 5.74) is 3.08. The molecule has 2 aromatic carbocycles. The number of benzene rings is 2. The Labute approximate surface area is 265 Å². The highest BCUT2D eigenvalue weighted by Crippen LogP contribution is 2.30. The van der Waals surface area contributed by atoms with Crippen LogP contribution in [0.3, 0.4) is 0 Å². The van der Waals surface area contributed by atoms with Crippen LogP contribution in [0.5, 0.6) is 5.88 Å². The van der Waals surface area contributed by atoms with Gasteiger partial charge >= 0.3 is 5.97 Å². The SMILES string of the molecule is Cc1cccc(C)c1-c1cc(OC[C@@H](CC(C)C)NC[C@@H]2COC(C)(C)O2)nc(NS(=O)(=O)c2cccc(C(=O)O)c2)n1.Cl. The van der Waals surface area contributed by atoms with E-state index in [1.54, 1.807) is 6.07 Å². The molecule has 0 spiro atoms. The highest BCUT2D eigenvalue weighted by atomic mass is 35.5. The molecule has 2 heterocycles. The number of carbonyl (C=O) groups is 1. The van der Waals surface area contributed by atoms with Crippen molar-refractivity contribution in [1.29, 1.82) is 0 Å². The summed E-state index contributed by atoms with van der Waals surface area (Å²) in [7, 11) is -4.21. The van der Waals surface area contributed by atoms with E-state index >= 15 is 0 Å². The molecule has 1 aromatic heterocycles. The molecule has 1 fully saturated rings. The number of aromatic nitrogens is 2. The molecule has 11 nitrogen and oxygen atoms in total. The number of aryl methyl sites for hydroxylation is 2. The fourth-order valence-electron chi connectivity index (χ4n) is 4.99. The lowest BCUT2D eigenvalue weighted by molar-refractivity contribution is -0.138. The zero-order chi connectivity index (χ0) is 31.4. The predicted octanol–water partition coefficient (Wildman–Crippen LogP) is 5.22. The van der Waals surface area contributed by atoms with Crippen molar-refractivity contribution in [2.24, 2.45) is 5.92 Å². The number of nitrogens with zero attached hydrogens (tertiary/aromatic N) is 2. The molecule has 13 heteroatoms. The standard InChI is InChI=1S/C31H40N4O7S.ClH/c1-19(2)13-23(32-16-24-18-41-31(5,6)42-24)17-40-27-15-26(28-20(3)9-7-10-21(28)4)33-30(34-27)35-43(38,39)25-12-8-11-22(14-25)29(36)37;/h7-12,14-15,19,23-24,32H,13,16-18H2,1-6H3,(H,36,37)(H,33,34,35);1H/t23-,24-;/m1./s1. The number of halogens is 1. The normalized spacial score (nSPS) is 16.8. The van der Waals surface area contributed by atoms with Crippen LogP contribution in [-0.4, -0.2) is 67.2 Å². The summed E-state index contributed by atoms with van der Waals surface area (Å²) in [4.78, 5) is 20.1. The van der Waals surface area contributed by atoms with E-state index in [1.165, 1.54) is 18.2 Å². The quantitative estimate of drug-likeness (QED) is 0.225. The third kappa shape index (κ3) is 9.35. The van der Waals surface area contributed by atoms with Gasteiger partial charge in [0.1, 0.15) is 6.61 Å². The molecule has 240 valence electrons. The molecular formula is C31H41ClN4O7S. The van der Waals surface area contributed by atoms with Crippen LogP contribution >= 0.6 is 12.4 Å². The molecule has 4 rings (SSSR count). The van der Waals surface area contributed by atoms with Crippen molar-refractivity contribution >= 4 is 34.3 Å². The molecule has 44 heavy (non-hydrogen) atoms. The summed E-state index contributed by atoms with van der Waals surface area (Å²) in [6.07, 6.45) is 0.741. The molecule has 0 bridgehead atoms. The van der Waals surface area contributed by atoms with Crippen LogP contribution < -0.4 is 14.8 Å². The predicted molar refractivity (Wildman–Crippen MR) is 170 cm³/mol. The monoisotopic (exact) mass is 648 g/mol. The fraction of sp³-hybridized carbons (Fsp3) is 0.452. The lowest BCUT2D eigenvalue weighted by Crippen LogP contribution is -2.41. The molecule has 0 saturated carbocycles. The molecule has 3 N–H and O–H groups in total. The number of sulfonamides is 1. The van der Waals surface area contributed by atoms with Crippen molar-refractivity contribution in [3.05, 3.63) is 65.2 Å². The second-order valence-corrected chi connectivity index (χ2v) is 13.3. The lowest BCUT2D eigenvalue weighted by atomic mass is 10.00. The summed E-state index contributed by atoms with van der Waals surface area (Å²) >= 11 is 0. The average Bonchev–Trinajstić information content (AvgIpc) is 3.28. The summed E-state index contributed by atoms with van der Waals surface area (Å²) < 4.78 is 46.7.